The van der Waals surface area contributed by atoms with Crippen molar-refractivity contribution in [2.75, 3.05) is 13.2 Å². The zero-order chi connectivity index (χ0) is 18.1. The Hall–Kier alpha value is -2.53. The number of amides is 1. The van der Waals surface area contributed by atoms with E-state index >= 15 is 0 Å². The topological polar surface area (TPSA) is 64.6 Å². The molecule has 0 radical (unpaired) electrons. The van der Waals surface area contributed by atoms with Gasteiger partial charge in [-0.15, -0.1) is 0 Å². The Morgan fingerprint density at radius 1 is 1.04 bits per heavy atom. The molecule has 0 aliphatic carbocycles. The van der Waals surface area contributed by atoms with Gasteiger partial charge in [0, 0.05) is 23.6 Å². The molecule has 1 amide bonds. The molecule has 0 aliphatic rings. The summed E-state index contributed by atoms with van der Waals surface area (Å²) in [6, 6.07) is 13.6. The van der Waals surface area contributed by atoms with Crippen LogP contribution in [0.4, 0.5) is 0 Å². The number of para-hydroxylation sites is 2. The average molecular weight is 362 g/mol. The Morgan fingerprint density at radius 2 is 1.72 bits per heavy atom. The van der Waals surface area contributed by atoms with Crippen LogP contribution in [0.1, 0.15) is 30.1 Å². The van der Waals surface area contributed by atoms with Crippen molar-refractivity contribution in [3.05, 3.63) is 59.1 Å². The first-order valence-corrected chi connectivity index (χ1v) is 8.44. The summed E-state index contributed by atoms with van der Waals surface area (Å²) in [5.41, 5.74) is 0.526. The molecule has 6 heteroatoms. The van der Waals surface area contributed by atoms with Crippen LogP contribution in [0.2, 0.25) is 5.02 Å². The Kier molecular flexibility index (Phi) is 7.29. The standard InChI is InChI=1S/C19H20ClNO4/c1-2-24-16-6-3-4-7-17(16)25-18(22)8-5-13-21-19(23)14-9-11-15(20)12-10-14/h3-4,6-7,9-12H,2,5,8,13H2,1H3,(H,21,23). The van der Waals surface area contributed by atoms with Crippen molar-refractivity contribution in [2.45, 2.75) is 19.8 Å². The van der Waals surface area contributed by atoms with Crippen molar-refractivity contribution in [3.8, 4) is 11.5 Å². The van der Waals surface area contributed by atoms with Crippen LogP contribution in [0.25, 0.3) is 0 Å². The molecule has 1 N–H and O–H groups in total. The van der Waals surface area contributed by atoms with Crippen LogP contribution in [-0.4, -0.2) is 25.0 Å². The fraction of sp³-hybridized carbons (Fsp3) is 0.263. The van der Waals surface area contributed by atoms with E-state index in [4.69, 9.17) is 21.1 Å². The second-order valence-electron chi connectivity index (χ2n) is 5.22. The van der Waals surface area contributed by atoms with Crippen LogP contribution < -0.4 is 14.8 Å². The monoisotopic (exact) mass is 361 g/mol. The summed E-state index contributed by atoms with van der Waals surface area (Å²) in [7, 11) is 0. The van der Waals surface area contributed by atoms with Crippen molar-refractivity contribution in [2.24, 2.45) is 0 Å². The van der Waals surface area contributed by atoms with E-state index in [0.29, 0.717) is 41.7 Å². The molecule has 5 nitrogen and oxygen atoms in total. The maximum absolute atomic E-state index is 11.9. The Labute approximate surface area is 151 Å². The summed E-state index contributed by atoms with van der Waals surface area (Å²) < 4.78 is 10.7. The maximum atomic E-state index is 11.9. The smallest absolute Gasteiger partial charge is 0.311 e. The number of benzene rings is 2. The summed E-state index contributed by atoms with van der Waals surface area (Å²) in [6.07, 6.45) is 0.677. The third-order valence-corrected chi connectivity index (χ3v) is 3.57. The number of esters is 1. The van der Waals surface area contributed by atoms with Gasteiger partial charge in [0.15, 0.2) is 11.5 Å². The minimum absolute atomic E-state index is 0.196. The highest BCUT2D eigenvalue weighted by atomic mass is 35.5. The second kappa shape index (κ2) is 9.69. The predicted octanol–water partition coefficient (Wildman–Crippen LogP) is 3.85. The van der Waals surface area contributed by atoms with Crippen LogP contribution in [0.15, 0.2) is 48.5 Å². The number of halogens is 1. The fourth-order valence-electron chi connectivity index (χ4n) is 2.12. The van der Waals surface area contributed by atoms with Crippen LogP contribution in [0.3, 0.4) is 0 Å². The van der Waals surface area contributed by atoms with Gasteiger partial charge in [0.2, 0.25) is 0 Å². The van der Waals surface area contributed by atoms with Crippen molar-refractivity contribution >= 4 is 23.5 Å². The lowest BCUT2D eigenvalue weighted by molar-refractivity contribution is -0.134. The molecule has 132 valence electrons. The van der Waals surface area contributed by atoms with Gasteiger partial charge in [-0.1, -0.05) is 23.7 Å². The molecule has 0 heterocycles. The quantitative estimate of drug-likeness (QED) is 0.440. The molecule has 0 bridgehead atoms. The van der Waals surface area contributed by atoms with Gasteiger partial charge < -0.3 is 14.8 Å². The highest BCUT2D eigenvalue weighted by Crippen LogP contribution is 2.26. The number of hydrogen-bond donors (Lipinski definition) is 1. The number of hydrogen-bond acceptors (Lipinski definition) is 4. The highest BCUT2D eigenvalue weighted by Gasteiger charge is 2.10. The summed E-state index contributed by atoms with van der Waals surface area (Å²) in [4.78, 5) is 23.8. The van der Waals surface area contributed by atoms with Crippen LogP contribution in [-0.2, 0) is 4.79 Å². The van der Waals surface area contributed by atoms with Gasteiger partial charge in [-0.3, -0.25) is 9.59 Å². The number of rotatable bonds is 8. The zero-order valence-corrected chi connectivity index (χ0v) is 14.7. The molecule has 0 aromatic heterocycles. The van der Waals surface area contributed by atoms with Gasteiger partial charge in [-0.25, -0.2) is 0 Å². The van der Waals surface area contributed by atoms with E-state index in [1.54, 1.807) is 42.5 Å². The van der Waals surface area contributed by atoms with E-state index < -0.39 is 0 Å². The maximum Gasteiger partial charge on any atom is 0.311 e. The first kappa shape index (κ1) is 18.8. The molecular formula is C19H20ClNO4. The minimum Gasteiger partial charge on any atom is -0.490 e. The largest absolute Gasteiger partial charge is 0.490 e. The highest BCUT2D eigenvalue weighted by molar-refractivity contribution is 6.30. The zero-order valence-electron chi connectivity index (χ0n) is 14.0. The molecule has 25 heavy (non-hydrogen) atoms. The number of carbonyl (C=O) groups is 2. The molecule has 0 aliphatic heterocycles. The molecule has 0 unspecified atom stereocenters. The van der Waals surface area contributed by atoms with Crippen molar-refractivity contribution in [1.29, 1.82) is 0 Å². The Morgan fingerprint density at radius 3 is 2.40 bits per heavy atom. The van der Waals surface area contributed by atoms with Gasteiger partial charge in [0.1, 0.15) is 0 Å². The number of nitrogens with one attached hydrogen (secondary N) is 1. The SMILES string of the molecule is CCOc1ccccc1OC(=O)CCCNC(=O)c1ccc(Cl)cc1. The van der Waals surface area contributed by atoms with Crippen molar-refractivity contribution < 1.29 is 19.1 Å². The molecule has 2 aromatic rings. The summed E-state index contributed by atoms with van der Waals surface area (Å²) in [6.45, 7) is 2.73. The molecule has 2 aromatic carbocycles. The number of ether oxygens (including phenoxy) is 2. The van der Waals surface area contributed by atoms with E-state index in [1.807, 2.05) is 13.0 Å². The van der Waals surface area contributed by atoms with Gasteiger partial charge in [-0.2, -0.15) is 0 Å². The van der Waals surface area contributed by atoms with Gasteiger partial charge >= 0.3 is 5.97 Å². The summed E-state index contributed by atoms with van der Waals surface area (Å²) in [5.74, 6) is 0.369. The predicted molar refractivity (Wildman–Crippen MR) is 96.3 cm³/mol. The summed E-state index contributed by atoms with van der Waals surface area (Å²) >= 11 is 5.78. The van der Waals surface area contributed by atoms with Gasteiger partial charge in [0.25, 0.3) is 5.91 Å². The Bertz CT molecular complexity index is 716. The lowest BCUT2D eigenvalue weighted by atomic mass is 10.2. The van der Waals surface area contributed by atoms with Crippen LogP contribution in [0.5, 0.6) is 11.5 Å². The van der Waals surface area contributed by atoms with E-state index in [1.165, 1.54) is 0 Å². The average Bonchev–Trinajstić information content (AvgIpc) is 2.61. The van der Waals surface area contributed by atoms with Gasteiger partial charge in [-0.05, 0) is 49.7 Å². The van der Waals surface area contributed by atoms with Crippen LogP contribution >= 0.6 is 11.6 Å². The molecule has 0 saturated carbocycles. The van der Waals surface area contributed by atoms with E-state index in [2.05, 4.69) is 5.32 Å². The second-order valence-corrected chi connectivity index (χ2v) is 5.66. The number of carbonyl (C=O) groups excluding carboxylic acids is 2. The lowest BCUT2D eigenvalue weighted by Gasteiger charge is -2.10. The molecular weight excluding hydrogens is 342 g/mol. The van der Waals surface area contributed by atoms with E-state index in [0.717, 1.165) is 0 Å². The third kappa shape index (κ3) is 6.12. The van der Waals surface area contributed by atoms with Crippen molar-refractivity contribution in [1.82, 2.24) is 5.32 Å². The van der Waals surface area contributed by atoms with E-state index in [9.17, 15) is 9.59 Å². The molecule has 0 spiro atoms. The molecule has 0 fully saturated rings. The normalized spacial score (nSPS) is 10.2. The fourth-order valence-corrected chi connectivity index (χ4v) is 2.25. The molecule has 2 rings (SSSR count). The first-order chi connectivity index (χ1) is 12.1. The van der Waals surface area contributed by atoms with Crippen molar-refractivity contribution in [3.63, 3.8) is 0 Å². The van der Waals surface area contributed by atoms with Crippen LogP contribution in [0, 0.1) is 0 Å². The minimum atomic E-state index is -0.368. The van der Waals surface area contributed by atoms with E-state index in [-0.39, 0.29) is 18.3 Å². The summed E-state index contributed by atoms with van der Waals surface area (Å²) in [5, 5.41) is 3.33. The third-order valence-electron chi connectivity index (χ3n) is 3.32. The lowest BCUT2D eigenvalue weighted by Crippen LogP contribution is -2.25. The van der Waals surface area contributed by atoms with Gasteiger partial charge in [0.05, 0.1) is 6.61 Å². The molecule has 0 saturated heterocycles. The first-order valence-electron chi connectivity index (χ1n) is 8.06. The Balaban J connectivity index is 1.74. The molecule has 0 atom stereocenters.